The molecule has 1 N–H and O–H groups in total. The van der Waals surface area contributed by atoms with Crippen molar-refractivity contribution in [2.75, 3.05) is 0 Å². The Morgan fingerprint density at radius 3 is 2.75 bits per heavy atom. The highest BCUT2D eigenvalue weighted by molar-refractivity contribution is 5.30. The molecule has 0 spiro atoms. The quantitative estimate of drug-likeness (QED) is 0.919. The Morgan fingerprint density at radius 2 is 2.15 bits per heavy atom. The summed E-state index contributed by atoms with van der Waals surface area (Å²) >= 11 is 0. The number of rotatable bonds is 5. The van der Waals surface area contributed by atoms with E-state index >= 15 is 0 Å². The summed E-state index contributed by atoms with van der Waals surface area (Å²) in [5.74, 6) is -0.398. The molecule has 0 amide bonds. The first-order valence-corrected chi connectivity index (χ1v) is 5.89. The fourth-order valence-electron chi connectivity index (χ4n) is 1.72. The predicted octanol–water partition coefficient (Wildman–Crippen LogP) is 3.05. The number of ether oxygens (including phenoxy) is 1. The summed E-state index contributed by atoms with van der Waals surface area (Å²) < 4.78 is 44.6. The fourth-order valence-corrected chi connectivity index (χ4v) is 1.72. The normalized spacial score (nSPS) is 12.7. The molecule has 1 aromatic carbocycles. The maximum atomic E-state index is 13.6. The average molecular weight is 286 g/mol. The molecule has 0 saturated carbocycles. The Hall–Kier alpha value is -2.02. The summed E-state index contributed by atoms with van der Waals surface area (Å²) in [5.41, 5.74) is 0.145. The fraction of sp³-hybridized carbons (Fsp3) is 0.308. The third kappa shape index (κ3) is 3.11. The molecule has 0 radical (unpaired) electrons. The van der Waals surface area contributed by atoms with E-state index in [9.17, 15) is 18.3 Å². The van der Waals surface area contributed by atoms with Gasteiger partial charge in [0.05, 0.1) is 6.10 Å². The monoisotopic (exact) mass is 286 g/mol. The van der Waals surface area contributed by atoms with Gasteiger partial charge in [-0.1, -0.05) is 0 Å². The van der Waals surface area contributed by atoms with Crippen LogP contribution in [0.4, 0.5) is 13.2 Å². The van der Waals surface area contributed by atoms with Crippen LogP contribution in [-0.2, 0) is 6.61 Å². The SMILES string of the molecule is CC(O)c1ccc(OCc2nccn2C(F)F)cc1F. The molecule has 0 aliphatic rings. The van der Waals surface area contributed by atoms with Crippen molar-refractivity contribution in [2.45, 2.75) is 26.2 Å². The Bertz CT molecular complexity index is 585. The molecule has 2 aromatic rings. The van der Waals surface area contributed by atoms with Crippen molar-refractivity contribution in [3.8, 4) is 5.75 Å². The number of aliphatic hydroxyl groups excluding tert-OH is 1. The van der Waals surface area contributed by atoms with Gasteiger partial charge in [0.2, 0.25) is 0 Å². The standard InChI is InChI=1S/C13H13F3N2O2/c1-8(19)10-3-2-9(6-11(10)14)20-7-12-17-4-5-18(12)13(15)16/h2-6,8,13,19H,7H2,1H3. The third-order valence-electron chi connectivity index (χ3n) is 2.75. The first-order chi connectivity index (χ1) is 9.49. The van der Waals surface area contributed by atoms with E-state index in [1.165, 1.54) is 25.3 Å². The van der Waals surface area contributed by atoms with Crippen molar-refractivity contribution in [1.82, 2.24) is 9.55 Å². The number of nitrogens with zero attached hydrogens (tertiary/aromatic N) is 2. The van der Waals surface area contributed by atoms with Crippen molar-refractivity contribution < 1.29 is 23.0 Å². The molecule has 1 heterocycles. The van der Waals surface area contributed by atoms with Crippen LogP contribution in [0.5, 0.6) is 5.75 Å². The van der Waals surface area contributed by atoms with Crippen LogP contribution in [-0.4, -0.2) is 14.7 Å². The van der Waals surface area contributed by atoms with Crippen LogP contribution >= 0.6 is 0 Å². The number of hydrogen-bond acceptors (Lipinski definition) is 3. The van der Waals surface area contributed by atoms with Gasteiger partial charge in [-0.25, -0.2) is 9.37 Å². The number of aliphatic hydroxyl groups is 1. The van der Waals surface area contributed by atoms with Gasteiger partial charge in [-0.2, -0.15) is 8.78 Å². The number of alkyl halides is 2. The summed E-state index contributed by atoms with van der Waals surface area (Å²) in [7, 11) is 0. The molecular weight excluding hydrogens is 273 g/mol. The largest absolute Gasteiger partial charge is 0.486 e. The minimum Gasteiger partial charge on any atom is -0.486 e. The lowest BCUT2D eigenvalue weighted by Crippen LogP contribution is -2.07. The van der Waals surface area contributed by atoms with Gasteiger partial charge in [0.1, 0.15) is 18.2 Å². The molecule has 0 fully saturated rings. The van der Waals surface area contributed by atoms with Gasteiger partial charge in [-0.05, 0) is 19.1 Å². The van der Waals surface area contributed by atoms with E-state index in [2.05, 4.69) is 4.98 Å². The Balaban J connectivity index is 2.08. The molecule has 0 aliphatic heterocycles. The molecule has 0 aliphatic carbocycles. The van der Waals surface area contributed by atoms with E-state index in [4.69, 9.17) is 4.74 Å². The number of benzene rings is 1. The molecule has 1 aromatic heterocycles. The van der Waals surface area contributed by atoms with Gasteiger partial charge >= 0.3 is 6.55 Å². The second kappa shape index (κ2) is 5.96. The molecule has 20 heavy (non-hydrogen) atoms. The second-order valence-electron chi connectivity index (χ2n) is 4.18. The van der Waals surface area contributed by atoms with Crippen LogP contribution in [0.1, 0.15) is 31.0 Å². The minimum absolute atomic E-state index is 0.0417. The molecule has 7 heteroatoms. The maximum Gasteiger partial charge on any atom is 0.320 e. The van der Waals surface area contributed by atoms with Crippen LogP contribution in [0.3, 0.4) is 0 Å². The average Bonchev–Trinajstić information content (AvgIpc) is 2.84. The van der Waals surface area contributed by atoms with E-state index in [0.717, 1.165) is 12.3 Å². The minimum atomic E-state index is -2.70. The lowest BCUT2D eigenvalue weighted by molar-refractivity contribution is 0.0632. The Morgan fingerprint density at radius 1 is 1.40 bits per heavy atom. The van der Waals surface area contributed by atoms with Crippen molar-refractivity contribution in [1.29, 1.82) is 0 Å². The third-order valence-corrected chi connectivity index (χ3v) is 2.75. The number of halogens is 3. The van der Waals surface area contributed by atoms with Crippen LogP contribution < -0.4 is 4.74 Å². The van der Waals surface area contributed by atoms with E-state index in [1.807, 2.05) is 0 Å². The van der Waals surface area contributed by atoms with Gasteiger partial charge in [0.15, 0.2) is 5.82 Å². The van der Waals surface area contributed by atoms with Crippen molar-refractivity contribution >= 4 is 0 Å². The summed E-state index contributed by atoms with van der Waals surface area (Å²) in [6.07, 6.45) is 1.45. The van der Waals surface area contributed by atoms with Gasteiger partial charge in [0.25, 0.3) is 0 Å². The lowest BCUT2D eigenvalue weighted by atomic mass is 10.1. The lowest BCUT2D eigenvalue weighted by Gasteiger charge is -2.11. The van der Waals surface area contributed by atoms with Crippen LogP contribution in [0.25, 0.3) is 0 Å². The van der Waals surface area contributed by atoms with Crippen molar-refractivity contribution in [3.63, 3.8) is 0 Å². The van der Waals surface area contributed by atoms with Crippen LogP contribution in [0.2, 0.25) is 0 Å². The highest BCUT2D eigenvalue weighted by Gasteiger charge is 2.13. The van der Waals surface area contributed by atoms with E-state index in [-0.39, 0.29) is 23.7 Å². The van der Waals surface area contributed by atoms with E-state index in [1.54, 1.807) is 0 Å². The maximum absolute atomic E-state index is 13.6. The molecule has 2 rings (SSSR count). The van der Waals surface area contributed by atoms with Crippen molar-refractivity contribution in [3.05, 3.63) is 47.8 Å². The molecule has 1 atom stereocenters. The molecule has 4 nitrogen and oxygen atoms in total. The van der Waals surface area contributed by atoms with Gasteiger partial charge in [-0.3, -0.25) is 4.57 Å². The molecule has 108 valence electrons. The van der Waals surface area contributed by atoms with Crippen LogP contribution in [0, 0.1) is 5.82 Å². The topological polar surface area (TPSA) is 47.3 Å². The molecule has 0 saturated heterocycles. The van der Waals surface area contributed by atoms with Crippen molar-refractivity contribution in [2.24, 2.45) is 0 Å². The smallest absolute Gasteiger partial charge is 0.320 e. The molecule has 0 bridgehead atoms. The zero-order chi connectivity index (χ0) is 14.7. The second-order valence-corrected chi connectivity index (χ2v) is 4.18. The number of imidazole rings is 1. The summed E-state index contributed by atoms with van der Waals surface area (Å²) in [4.78, 5) is 3.74. The predicted molar refractivity (Wildman–Crippen MR) is 64.8 cm³/mol. The highest BCUT2D eigenvalue weighted by Crippen LogP contribution is 2.22. The first-order valence-electron chi connectivity index (χ1n) is 5.89. The molecule has 1 unspecified atom stereocenters. The summed E-state index contributed by atoms with van der Waals surface area (Å²) in [6.45, 7) is -1.46. The molecular formula is C13H13F3N2O2. The summed E-state index contributed by atoms with van der Waals surface area (Å²) in [5, 5.41) is 9.30. The van der Waals surface area contributed by atoms with E-state index in [0.29, 0.717) is 4.57 Å². The number of hydrogen-bond donors (Lipinski definition) is 1. The zero-order valence-electron chi connectivity index (χ0n) is 10.6. The van der Waals surface area contributed by atoms with Gasteiger partial charge in [0, 0.05) is 24.0 Å². The number of aromatic nitrogens is 2. The zero-order valence-corrected chi connectivity index (χ0v) is 10.6. The van der Waals surface area contributed by atoms with E-state index < -0.39 is 18.5 Å². The van der Waals surface area contributed by atoms with Crippen LogP contribution in [0.15, 0.2) is 30.6 Å². The van der Waals surface area contributed by atoms with Gasteiger partial charge in [-0.15, -0.1) is 0 Å². The highest BCUT2D eigenvalue weighted by atomic mass is 19.3. The Labute approximate surface area is 113 Å². The first kappa shape index (κ1) is 14.4. The van der Waals surface area contributed by atoms with Gasteiger partial charge < -0.3 is 9.84 Å². The Kier molecular flexibility index (Phi) is 4.29. The summed E-state index contributed by atoms with van der Waals surface area (Å²) in [6, 6.07) is 3.94.